The minimum atomic E-state index is 1.11. The molecule has 0 unspecified atom stereocenters. The zero-order valence-corrected chi connectivity index (χ0v) is 7.65. The lowest BCUT2D eigenvalue weighted by Gasteiger charge is -1.94. The molecule has 2 nitrogen and oxygen atoms in total. The molecule has 0 aliphatic carbocycles. The van der Waals surface area contributed by atoms with Crippen LogP contribution in [-0.4, -0.2) is 4.98 Å². The van der Waals surface area contributed by atoms with Gasteiger partial charge in [0.25, 0.3) is 0 Å². The van der Waals surface area contributed by atoms with Crippen LogP contribution in [0.2, 0.25) is 0 Å². The van der Waals surface area contributed by atoms with E-state index in [9.17, 15) is 0 Å². The van der Waals surface area contributed by atoms with Crippen molar-refractivity contribution >= 4 is 11.0 Å². The number of H-pyrrole nitrogens is 2. The first kappa shape index (κ1) is 7.35. The third-order valence-electron chi connectivity index (χ3n) is 2.28. The molecule has 12 heavy (non-hydrogen) atoms. The largest absolute Gasteiger partial charge is 0.249 e. The van der Waals surface area contributed by atoms with E-state index in [0.29, 0.717) is 0 Å². The van der Waals surface area contributed by atoms with Crippen molar-refractivity contribution in [1.82, 2.24) is 4.98 Å². The molecule has 2 heteroatoms. The van der Waals surface area contributed by atoms with E-state index < -0.39 is 0 Å². The van der Waals surface area contributed by atoms with E-state index in [1.54, 1.807) is 0 Å². The standard InChI is InChI=1S/C10H12N2/c1-6-4-9-10(5-7(6)2)12-8(3)11-9/h4-5H,1-3H3,(H,11,12)/p+1. The van der Waals surface area contributed by atoms with Crippen LogP contribution in [0.3, 0.4) is 0 Å². The second-order valence-electron chi connectivity index (χ2n) is 3.36. The van der Waals surface area contributed by atoms with E-state index in [1.807, 2.05) is 6.92 Å². The van der Waals surface area contributed by atoms with Gasteiger partial charge < -0.3 is 0 Å². The minimum Gasteiger partial charge on any atom is -0.241 e. The van der Waals surface area contributed by atoms with E-state index in [1.165, 1.54) is 22.2 Å². The van der Waals surface area contributed by atoms with Crippen molar-refractivity contribution in [2.45, 2.75) is 20.8 Å². The lowest BCUT2D eigenvalue weighted by atomic mass is 10.1. The fourth-order valence-corrected chi connectivity index (χ4v) is 1.46. The summed E-state index contributed by atoms with van der Waals surface area (Å²) in [6, 6.07) is 4.35. The van der Waals surface area contributed by atoms with E-state index in [0.717, 1.165) is 5.82 Å². The Kier molecular flexibility index (Phi) is 1.43. The zero-order valence-electron chi connectivity index (χ0n) is 7.65. The normalized spacial score (nSPS) is 10.9. The number of aryl methyl sites for hydroxylation is 3. The van der Waals surface area contributed by atoms with Crippen LogP contribution in [0.25, 0.3) is 11.0 Å². The van der Waals surface area contributed by atoms with Gasteiger partial charge in [-0.15, -0.1) is 0 Å². The zero-order chi connectivity index (χ0) is 8.72. The SMILES string of the molecule is Cc1[nH]c2cc(C)c(C)cc2[nH+]1. The highest BCUT2D eigenvalue weighted by Crippen LogP contribution is 2.14. The van der Waals surface area contributed by atoms with E-state index in [2.05, 4.69) is 35.9 Å². The second kappa shape index (κ2) is 2.34. The smallest absolute Gasteiger partial charge is 0.241 e. The van der Waals surface area contributed by atoms with Gasteiger partial charge in [-0.1, -0.05) is 0 Å². The number of nitrogens with one attached hydrogen (secondary N) is 2. The maximum absolute atomic E-state index is 3.27. The lowest BCUT2D eigenvalue weighted by molar-refractivity contribution is -0.354. The van der Waals surface area contributed by atoms with Gasteiger partial charge >= 0.3 is 0 Å². The summed E-state index contributed by atoms with van der Waals surface area (Å²) >= 11 is 0. The fourth-order valence-electron chi connectivity index (χ4n) is 1.46. The average Bonchev–Trinajstić information content (AvgIpc) is 2.30. The Labute approximate surface area is 71.6 Å². The molecule has 1 aromatic heterocycles. The maximum atomic E-state index is 3.27. The Bertz CT molecular complexity index is 388. The molecule has 0 aliphatic rings. The number of hydrogen-bond acceptors (Lipinski definition) is 0. The summed E-state index contributed by atoms with van der Waals surface area (Å²) in [6.07, 6.45) is 0. The summed E-state index contributed by atoms with van der Waals surface area (Å²) in [4.78, 5) is 6.54. The van der Waals surface area contributed by atoms with Gasteiger partial charge in [-0.25, -0.2) is 9.97 Å². The fraction of sp³-hybridized carbons (Fsp3) is 0.300. The molecule has 0 bridgehead atoms. The molecule has 2 rings (SSSR count). The summed E-state index contributed by atoms with van der Waals surface area (Å²) in [5, 5.41) is 0. The molecule has 0 amide bonds. The molecule has 1 aromatic carbocycles. The highest BCUT2D eigenvalue weighted by atomic mass is 14.9. The van der Waals surface area contributed by atoms with Crippen molar-refractivity contribution in [3.05, 3.63) is 29.1 Å². The summed E-state index contributed by atoms with van der Waals surface area (Å²) in [6.45, 7) is 6.29. The van der Waals surface area contributed by atoms with Crippen molar-refractivity contribution in [2.75, 3.05) is 0 Å². The van der Waals surface area contributed by atoms with Gasteiger partial charge in [0.15, 0.2) is 11.0 Å². The number of rotatable bonds is 0. The van der Waals surface area contributed by atoms with E-state index >= 15 is 0 Å². The average molecular weight is 161 g/mol. The molecule has 2 aromatic rings. The monoisotopic (exact) mass is 161 g/mol. The molecule has 1 heterocycles. The van der Waals surface area contributed by atoms with Crippen LogP contribution in [0.15, 0.2) is 12.1 Å². The van der Waals surface area contributed by atoms with E-state index in [4.69, 9.17) is 0 Å². The van der Waals surface area contributed by atoms with Crippen molar-refractivity contribution in [1.29, 1.82) is 0 Å². The van der Waals surface area contributed by atoms with Crippen LogP contribution in [0.5, 0.6) is 0 Å². The van der Waals surface area contributed by atoms with Crippen LogP contribution in [-0.2, 0) is 0 Å². The summed E-state index contributed by atoms with van der Waals surface area (Å²) in [5.74, 6) is 1.11. The number of hydrogen-bond donors (Lipinski definition) is 1. The summed E-state index contributed by atoms with van der Waals surface area (Å²) < 4.78 is 0. The van der Waals surface area contributed by atoms with Gasteiger partial charge in [-0.3, -0.25) is 0 Å². The van der Waals surface area contributed by atoms with Crippen LogP contribution < -0.4 is 4.98 Å². The summed E-state index contributed by atoms with van der Waals surface area (Å²) in [5.41, 5.74) is 5.04. The third-order valence-corrected chi connectivity index (χ3v) is 2.28. The molecule has 0 aliphatic heterocycles. The van der Waals surface area contributed by atoms with Crippen LogP contribution >= 0.6 is 0 Å². The quantitative estimate of drug-likeness (QED) is 0.611. The number of imidazole rings is 1. The molecule has 0 saturated carbocycles. The Morgan fingerprint density at radius 3 is 2.50 bits per heavy atom. The summed E-state index contributed by atoms with van der Waals surface area (Å²) in [7, 11) is 0. The van der Waals surface area contributed by atoms with E-state index in [-0.39, 0.29) is 0 Å². The Morgan fingerprint density at radius 1 is 1.08 bits per heavy atom. The highest BCUT2D eigenvalue weighted by Gasteiger charge is 2.06. The molecule has 0 atom stereocenters. The first-order chi connectivity index (χ1) is 5.66. The Morgan fingerprint density at radius 2 is 1.75 bits per heavy atom. The topological polar surface area (TPSA) is 29.9 Å². The van der Waals surface area contributed by atoms with Crippen LogP contribution in [0, 0.1) is 20.8 Å². The molecule has 0 spiro atoms. The molecule has 0 fully saturated rings. The van der Waals surface area contributed by atoms with Crippen molar-refractivity contribution in [3.63, 3.8) is 0 Å². The highest BCUT2D eigenvalue weighted by molar-refractivity contribution is 5.73. The third kappa shape index (κ3) is 0.998. The number of aromatic amines is 2. The van der Waals surface area contributed by atoms with Gasteiger partial charge in [-0.05, 0) is 37.1 Å². The molecule has 2 N–H and O–H groups in total. The van der Waals surface area contributed by atoms with Gasteiger partial charge in [0.05, 0.1) is 0 Å². The first-order valence-corrected chi connectivity index (χ1v) is 4.15. The molecule has 0 saturated heterocycles. The number of fused-ring (bicyclic) bond motifs is 1. The van der Waals surface area contributed by atoms with Crippen molar-refractivity contribution in [2.24, 2.45) is 0 Å². The Hall–Kier alpha value is -1.31. The van der Waals surface area contributed by atoms with Gasteiger partial charge in [0.1, 0.15) is 0 Å². The van der Waals surface area contributed by atoms with Gasteiger partial charge in [0, 0.05) is 6.92 Å². The predicted molar refractivity (Wildman–Crippen MR) is 49.1 cm³/mol. The van der Waals surface area contributed by atoms with Crippen LogP contribution in [0.1, 0.15) is 17.0 Å². The molecular weight excluding hydrogens is 148 g/mol. The van der Waals surface area contributed by atoms with Crippen molar-refractivity contribution < 1.29 is 4.98 Å². The molecule has 0 radical (unpaired) electrons. The predicted octanol–water partition coefficient (Wildman–Crippen LogP) is 1.91. The number of benzene rings is 1. The number of aromatic nitrogens is 2. The molecular formula is C10H13N2+. The second-order valence-corrected chi connectivity index (χ2v) is 3.36. The van der Waals surface area contributed by atoms with Gasteiger partial charge in [0.2, 0.25) is 5.82 Å². The van der Waals surface area contributed by atoms with Crippen molar-refractivity contribution in [3.8, 4) is 0 Å². The minimum absolute atomic E-state index is 1.11. The Balaban J connectivity index is 2.83. The molecule has 62 valence electrons. The van der Waals surface area contributed by atoms with Gasteiger partial charge in [-0.2, -0.15) is 0 Å². The first-order valence-electron chi connectivity index (χ1n) is 4.15. The lowest BCUT2D eigenvalue weighted by Crippen LogP contribution is -2.01. The maximum Gasteiger partial charge on any atom is 0.249 e. The van der Waals surface area contributed by atoms with Crippen LogP contribution in [0.4, 0.5) is 0 Å².